The molecule has 0 aromatic carbocycles. The molecule has 12 heteroatoms. The normalized spacial score (nSPS) is 24.5. The maximum Gasteiger partial charge on any atom is 0.407 e. The van der Waals surface area contributed by atoms with Gasteiger partial charge in [-0.2, -0.15) is 0 Å². The fraction of sp³-hybridized carbons (Fsp3) is 0.579. The second-order valence-corrected chi connectivity index (χ2v) is 8.29. The van der Waals surface area contributed by atoms with Crippen molar-refractivity contribution >= 4 is 23.6 Å². The van der Waals surface area contributed by atoms with Crippen molar-refractivity contribution in [2.75, 3.05) is 37.7 Å². The van der Waals surface area contributed by atoms with Crippen LogP contribution in [0.3, 0.4) is 0 Å². The fourth-order valence-corrected chi connectivity index (χ4v) is 3.49. The maximum atomic E-state index is 13.3. The molecular weight excluding hydrogens is 416 g/mol. The molecule has 1 aromatic rings. The molecule has 1 saturated carbocycles. The molecule has 0 spiro atoms. The molecule has 0 bridgehead atoms. The Labute approximate surface area is 176 Å². The Bertz CT molecular complexity index is 890. The van der Waals surface area contributed by atoms with Gasteiger partial charge in [0.2, 0.25) is 11.8 Å². The van der Waals surface area contributed by atoms with E-state index in [9.17, 15) is 23.2 Å². The summed E-state index contributed by atoms with van der Waals surface area (Å²) in [5.41, 5.74) is 4.43. The standard InChI is InChI=1S/C19H23F2N5O5/c20-19(21)8-26(9-19)13-4-3-12(24-16(13)30-6-11-1-2-11)15(28)25-18(5-14(22)27)7-23-17(29)31-10-18/h3-4,11H,1-2,5-10H2,(H2,22,27)(H,23,29)(H,25,28). The summed E-state index contributed by atoms with van der Waals surface area (Å²) in [6.07, 6.45) is 1.13. The van der Waals surface area contributed by atoms with E-state index in [2.05, 4.69) is 15.6 Å². The Kier molecular flexibility index (Phi) is 5.31. The highest BCUT2D eigenvalue weighted by Crippen LogP contribution is 2.38. The van der Waals surface area contributed by atoms with Gasteiger partial charge in [-0.25, -0.2) is 18.6 Å². The Morgan fingerprint density at radius 2 is 2.10 bits per heavy atom. The lowest BCUT2D eigenvalue weighted by atomic mass is 9.94. The van der Waals surface area contributed by atoms with Gasteiger partial charge in [-0.3, -0.25) is 9.59 Å². The van der Waals surface area contributed by atoms with Crippen LogP contribution in [-0.4, -0.2) is 67.2 Å². The molecule has 2 aliphatic heterocycles. The zero-order chi connectivity index (χ0) is 22.2. The number of hydrogen-bond acceptors (Lipinski definition) is 7. The number of carbonyl (C=O) groups is 3. The van der Waals surface area contributed by atoms with E-state index in [-0.39, 0.29) is 31.1 Å². The predicted octanol–water partition coefficient (Wildman–Crippen LogP) is 0.409. The Hall–Kier alpha value is -3.18. The number of nitrogens with two attached hydrogens (primary N) is 1. The molecule has 1 aromatic heterocycles. The molecular formula is C19H23F2N5O5. The first-order valence-electron chi connectivity index (χ1n) is 9.93. The molecule has 3 fully saturated rings. The fourth-order valence-electron chi connectivity index (χ4n) is 3.49. The number of amides is 3. The average Bonchev–Trinajstić information content (AvgIpc) is 3.50. The molecule has 1 aliphatic carbocycles. The van der Waals surface area contributed by atoms with E-state index in [0.717, 1.165) is 12.8 Å². The molecule has 31 heavy (non-hydrogen) atoms. The van der Waals surface area contributed by atoms with E-state index in [0.29, 0.717) is 18.2 Å². The Morgan fingerprint density at radius 3 is 2.68 bits per heavy atom. The minimum absolute atomic E-state index is 0.0254. The number of rotatable bonds is 8. The van der Waals surface area contributed by atoms with E-state index < -0.39 is 42.5 Å². The van der Waals surface area contributed by atoms with Crippen LogP contribution in [0.15, 0.2) is 12.1 Å². The molecule has 3 heterocycles. The van der Waals surface area contributed by atoms with Crippen LogP contribution in [0.5, 0.6) is 5.88 Å². The molecule has 4 rings (SSSR count). The summed E-state index contributed by atoms with van der Waals surface area (Å²) in [4.78, 5) is 41.4. The molecule has 4 N–H and O–H groups in total. The van der Waals surface area contributed by atoms with Crippen molar-refractivity contribution in [3.05, 3.63) is 17.8 Å². The van der Waals surface area contributed by atoms with Crippen molar-refractivity contribution in [1.29, 1.82) is 0 Å². The highest BCUT2D eigenvalue weighted by atomic mass is 19.3. The zero-order valence-electron chi connectivity index (χ0n) is 16.7. The maximum absolute atomic E-state index is 13.3. The molecule has 3 aliphatic rings. The highest BCUT2D eigenvalue weighted by molar-refractivity contribution is 5.94. The third kappa shape index (κ3) is 4.94. The lowest BCUT2D eigenvalue weighted by molar-refractivity contribution is -0.120. The number of nitrogens with zero attached hydrogens (tertiary/aromatic N) is 2. The average molecular weight is 439 g/mol. The van der Waals surface area contributed by atoms with Crippen LogP contribution in [0.1, 0.15) is 29.8 Å². The van der Waals surface area contributed by atoms with Gasteiger partial charge >= 0.3 is 6.09 Å². The number of pyridine rings is 1. The first kappa shape index (κ1) is 21.1. The van der Waals surface area contributed by atoms with Crippen molar-refractivity contribution in [1.82, 2.24) is 15.6 Å². The summed E-state index contributed by atoms with van der Waals surface area (Å²) < 4.78 is 37.3. The number of nitrogens with one attached hydrogen (secondary N) is 2. The van der Waals surface area contributed by atoms with Crippen LogP contribution >= 0.6 is 0 Å². The van der Waals surface area contributed by atoms with Crippen molar-refractivity contribution in [2.45, 2.75) is 30.7 Å². The zero-order valence-corrected chi connectivity index (χ0v) is 16.7. The number of carbonyl (C=O) groups excluding carboxylic acids is 3. The van der Waals surface area contributed by atoms with E-state index in [1.807, 2.05) is 0 Å². The van der Waals surface area contributed by atoms with Gasteiger partial charge in [0, 0.05) is 6.54 Å². The Balaban J connectivity index is 1.53. The second-order valence-electron chi connectivity index (χ2n) is 8.29. The summed E-state index contributed by atoms with van der Waals surface area (Å²) >= 11 is 0. The van der Waals surface area contributed by atoms with E-state index >= 15 is 0 Å². The van der Waals surface area contributed by atoms with Gasteiger partial charge < -0.3 is 30.7 Å². The number of cyclic esters (lactones) is 1. The van der Waals surface area contributed by atoms with E-state index in [1.54, 1.807) is 0 Å². The largest absolute Gasteiger partial charge is 0.476 e. The molecule has 3 amide bonds. The van der Waals surface area contributed by atoms with Crippen LogP contribution in [0.4, 0.5) is 19.3 Å². The van der Waals surface area contributed by atoms with Crippen LogP contribution < -0.4 is 26.0 Å². The summed E-state index contributed by atoms with van der Waals surface area (Å²) in [6.45, 7) is -0.787. The molecule has 1 unspecified atom stereocenters. The smallest absolute Gasteiger partial charge is 0.407 e. The van der Waals surface area contributed by atoms with Crippen LogP contribution in [-0.2, 0) is 9.53 Å². The van der Waals surface area contributed by atoms with Gasteiger partial charge in [-0.15, -0.1) is 0 Å². The molecule has 10 nitrogen and oxygen atoms in total. The number of ether oxygens (including phenoxy) is 2. The van der Waals surface area contributed by atoms with Gasteiger partial charge in [-0.05, 0) is 30.9 Å². The monoisotopic (exact) mass is 439 g/mol. The summed E-state index contributed by atoms with van der Waals surface area (Å²) in [5, 5.41) is 5.09. The molecule has 2 saturated heterocycles. The van der Waals surface area contributed by atoms with Gasteiger partial charge in [0.15, 0.2) is 0 Å². The molecule has 0 radical (unpaired) electrons. The van der Waals surface area contributed by atoms with Gasteiger partial charge in [0.05, 0.1) is 26.1 Å². The van der Waals surface area contributed by atoms with Crippen LogP contribution in [0.25, 0.3) is 0 Å². The summed E-state index contributed by atoms with van der Waals surface area (Å²) in [5.74, 6) is -3.59. The quantitative estimate of drug-likeness (QED) is 0.534. The SMILES string of the molecule is NC(=O)CC1(NC(=O)c2ccc(N3CC(F)(F)C3)c(OCC3CC3)n2)CNC(=O)OC1. The first-order valence-corrected chi connectivity index (χ1v) is 9.93. The third-order valence-electron chi connectivity index (χ3n) is 5.35. The highest BCUT2D eigenvalue weighted by Gasteiger charge is 2.45. The van der Waals surface area contributed by atoms with Crippen molar-refractivity contribution < 1.29 is 32.6 Å². The number of alkyl halides is 2. The Morgan fingerprint density at radius 1 is 1.35 bits per heavy atom. The van der Waals surface area contributed by atoms with Gasteiger partial charge in [-0.1, -0.05) is 0 Å². The lowest BCUT2D eigenvalue weighted by Gasteiger charge is -2.40. The predicted molar refractivity (Wildman–Crippen MR) is 103 cm³/mol. The van der Waals surface area contributed by atoms with Crippen LogP contribution in [0, 0.1) is 5.92 Å². The van der Waals surface area contributed by atoms with Gasteiger partial charge in [0.25, 0.3) is 11.8 Å². The lowest BCUT2D eigenvalue weighted by Crippen LogP contribution is -2.63. The van der Waals surface area contributed by atoms with E-state index in [4.69, 9.17) is 15.2 Å². The van der Waals surface area contributed by atoms with Crippen molar-refractivity contribution in [2.24, 2.45) is 11.7 Å². The number of halogens is 2. The van der Waals surface area contributed by atoms with E-state index in [1.165, 1.54) is 17.0 Å². The number of hydrogen-bond donors (Lipinski definition) is 3. The minimum Gasteiger partial charge on any atom is -0.476 e. The number of anilines is 1. The van der Waals surface area contributed by atoms with Crippen molar-refractivity contribution in [3.63, 3.8) is 0 Å². The number of primary amides is 1. The molecule has 168 valence electrons. The third-order valence-corrected chi connectivity index (χ3v) is 5.35. The number of aromatic nitrogens is 1. The summed E-state index contributed by atoms with van der Waals surface area (Å²) in [7, 11) is 0. The topological polar surface area (TPSA) is 136 Å². The number of alkyl carbamates (subject to hydrolysis) is 1. The summed E-state index contributed by atoms with van der Waals surface area (Å²) in [6, 6.07) is 2.91. The second kappa shape index (κ2) is 7.82. The van der Waals surface area contributed by atoms with Crippen LogP contribution in [0.2, 0.25) is 0 Å². The molecule has 1 atom stereocenters. The van der Waals surface area contributed by atoms with Gasteiger partial charge in [0.1, 0.15) is 23.5 Å². The first-order chi connectivity index (χ1) is 14.6. The van der Waals surface area contributed by atoms with Crippen molar-refractivity contribution in [3.8, 4) is 5.88 Å². The minimum atomic E-state index is -2.77.